The highest BCUT2D eigenvalue weighted by atomic mass is 19.1. The third-order valence-electron chi connectivity index (χ3n) is 3.44. The Morgan fingerprint density at radius 3 is 2.83 bits per heavy atom. The first-order valence-corrected chi connectivity index (χ1v) is 7.95. The number of ether oxygens (including phenoxy) is 2. The first kappa shape index (κ1) is 17.4. The van der Waals surface area contributed by atoms with Crippen molar-refractivity contribution in [3.8, 4) is 5.75 Å². The van der Waals surface area contributed by atoms with Crippen LogP contribution in [-0.2, 0) is 4.74 Å². The summed E-state index contributed by atoms with van der Waals surface area (Å²) in [5, 5.41) is 3.33. The molecule has 5 nitrogen and oxygen atoms in total. The Labute approximate surface area is 136 Å². The molecule has 1 aliphatic heterocycles. The molecule has 0 spiro atoms. The van der Waals surface area contributed by atoms with Crippen molar-refractivity contribution in [1.82, 2.24) is 4.90 Å². The van der Waals surface area contributed by atoms with Crippen LogP contribution in [0.2, 0.25) is 0 Å². The fourth-order valence-corrected chi connectivity index (χ4v) is 2.48. The average molecular weight is 324 g/mol. The molecular weight excluding hydrogens is 299 g/mol. The molecule has 0 bridgehead atoms. The summed E-state index contributed by atoms with van der Waals surface area (Å²) in [7, 11) is 0. The van der Waals surface area contributed by atoms with Gasteiger partial charge in [0.15, 0.2) is 0 Å². The summed E-state index contributed by atoms with van der Waals surface area (Å²) < 4.78 is 24.2. The zero-order chi connectivity index (χ0) is 17.0. The number of carbonyl (C=O) groups excluding carboxylic acids is 1. The summed E-state index contributed by atoms with van der Waals surface area (Å²) >= 11 is 0. The van der Waals surface area contributed by atoms with E-state index >= 15 is 0 Å². The van der Waals surface area contributed by atoms with Crippen molar-refractivity contribution in [2.24, 2.45) is 0 Å². The number of hydrogen-bond acceptors (Lipinski definition) is 4. The Morgan fingerprint density at radius 1 is 1.43 bits per heavy atom. The Kier molecular flexibility index (Phi) is 5.34. The summed E-state index contributed by atoms with van der Waals surface area (Å²) in [5.74, 6) is 0.157. The van der Waals surface area contributed by atoms with Crippen LogP contribution in [0.25, 0.3) is 0 Å². The molecule has 0 saturated carbocycles. The van der Waals surface area contributed by atoms with E-state index in [1.54, 1.807) is 11.0 Å². The molecule has 1 aromatic rings. The first-order valence-electron chi connectivity index (χ1n) is 7.95. The first-order chi connectivity index (χ1) is 10.8. The van der Waals surface area contributed by atoms with Gasteiger partial charge in [-0.3, -0.25) is 0 Å². The Balaban J connectivity index is 1.97. The summed E-state index contributed by atoms with van der Waals surface area (Å²) in [5.41, 5.74) is 0.242. The zero-order valence-electron chi connectivity index (χ0n) is 14.2. The molecule has 1 amide bonds. The van der Waals surface area contributed by atoms with Crippen LogP contribution in [0.5, 0.6) is 5.75 Å². The standard InChI is InChI=1S/C17H25FN2O3/c1-5-22-15-10-12(18)6-7-14(15)19-13-8-9-20(11-13)16(21)23-17(2,3)4/h6-7,10,13,19H,5,8-9,11H2,1-4H3. The molecular formula is C17H25FN2O3. The van der Waals surface area contributed by atoms with E-state index in [1.165, 1.54) is 12.1 Å². The van der Waals surface area contributed by atoms with Crippen molar-refractivity contribution in [3.63, 3.8) is 0 Å². The highest BCUT2D eigenvalue weighted by Crippen LogP contribution is 2.28. The lowest BCUT2D eigenvalue weighted by atomic mass is 10.2. The van der Waals surface area contributed by atoms with Crippen LogP contribution in [0.1, 0.15) is 34.1 Å². The SMILES string of the molecule is CCOc1cc(F)ccc1NC1CCN(C(=O)OC(C)(C)C)C1. The highest BCUT2D eigenvalue weighted by molar-refractivity contribution is 5.69. The second-order valence-electron chi connectivity index (χ2n) is 6.63. The third kappa shape index (κ3) is 5.01. The van der Waals surface area contributed by atoms with Gasteiger partial charge >= 0.3 is 6.09 Å². The molecule has 1 fully saturated rings. The van der Waals surface area contributed by atoms with Crippen molar-refractivity contribution in [1.29, 1.82) is 0 Å². The molecule has 1 unspecified atom stereocenters. The van der Waals surface area contributed by atoms with Crippen molar-refractivity contribution >= 4 is 11.8 Å². The van der Waals surface area contributed by atoms with Gasteiger partial charge in [-0.25, -0.2) is 9.18 Å². The monoisotopic (exact) mass is 324 g/mol. The molecule has 1 heterocycles. The van der Waals surface area contributed by atoms with Gasteiger partial charge in [0.05, 0.1) is 12.3 Å². The summed E-state index contributed by atoms with van der Waals surface area (Å²) in [6.07, 6.45) is 0.508. The van der Waals surface area contributed by atoms with Crippen molar-refractivity contribution in [2.45, 2.75) is 45.8 Å². The molecule has 1 aliphatic rings. The van der Waals surface area contributed by atoms with Crippen molar-refractivity contribution in [3.05, 3.63) is 24.0 Å². The molecule has 1 atom stereocenters. The number of halogens is 1. The van der Waals surface area contributed by atoms with Crippen LogP contribution in [0.3, 0.4) is 0 Å². The number of benzene rings is 1. The fraction of sp³-hybridized carbons (Fsp3) is 0.588. The number of nitrogens with zero attached hydrogens (tertiary/aromatic N) is 1. The van der Waals surface area contributed by atoms with E-state index < -0.39 is 5.60 Å². The van der Waals surface area contributed by atoms with Gasteiger partial charge < -0.3 is 19.7 Å². The van der Waals surface area contributed by atoms with Gasteiger partial charge in [-0.05, 0) is 46.2 Å². The summed E-state index contributed by atoms with van der Waals surface area (Å²) in [4.78, 5) is 13.8. The van der Waals surface area contributed by atoms with Gasteiger partial charge in [0.25, 0.3) is 0 Å². The molecule has 0 aromatic heterocycles. The van der Waals surface area contributed by atoms with E-state index in [2.05, 4.69) is 5.32 Å². The van der Waals surface area contributed by atoms with Gasteiger partial charge in [-0.1, -0.05) is 0 Å². The Hall–Kier alpha value is -1.98. The van der Waals surface area contributed by atoms with Crippen LogP contribution in [0.15, 0.2) is 18.2 Å². The minimum atomic E-state index is -0.498. The van der Waals surface area contributed by atoms with Gasteiger partial charge in [-0.15, -0.1) is 0 Å². The topological polar surface area (TPSA) is 50.8 Å². The number of rotatable bonds is 4. The minimum Gasteiger partial charge on any atom is -0.492 e. The van der Waals surface area contributed by atoms with E-state index in [0.29, 0.717) is 25.4 Å². The molecule has 23 heavy (non-hydrogen) atoms. The lowest BCUT2D eigenvalue weighted by molar-refractivity contribution is 0.0293. The van der Waals surface area contributed by atoms with Crippen LogP contribution in [-0.4, -0.2) is 42.3 Å². The number of nitrogens with one attached hydrogen (secondary N) is 1. The van der Waals surface area contributed by atoms with Gasteiger partial charge in [-0.2, -0.15) is 0 Å². The summed E-state index contributed by atoms with van der Waals surface area (Å²) in [6.45, 7) is 9.06. The predicted octanol–water partition coefficient (Wildman–Crippen LogP) is 3.65. The van der Waals surface area contributed by atoms with Gasteiger partial charge in [0, 0.05) is 25.2 Å². The van der Waals surface area contributed by atoms with Crippen LogP contribution in [0.4, 0.5) is 14.9 Å². The third-order valence-corrected chi connectivity index (χ3v) is 3.44. The average Bonchev–Trinajstić information content (AvgIpc) is 2.89. The number of anilines is 1. The molecule has 2 rings (SSSR count). The Morgan fingerprint density at radius 2 is 2.17 bits per heavy atom. The predicted molar refractivity (Wildman–Crippen MR) is 87.4 cm³/mol. The second kappa shape index (κ2) is 7.06. The second-order valence-corrected chi connectivity index (χ2v) is 6.63. The van der Waals surface area contributed by atoms with Gasteiger partial charge in [0.1, 0.15) is 17.2 Å². The molecule has 0 aliphatic carbocycles. The van der Waals surface area contributed by atoms with E-state index in [1.807, 2.05) is 27.7 Å². The maximum Gasteiger partial charge on any atom is 0.410 e. The normalized spacial score (nSPS) is 18.0. The van der Waals surface area contributed by atoms with E-state index in [9.17, 15) is 9.18 Å². The number of carbonyl (C=O) groups is 1. The van der Waals surface area contributed by atoms with Crippen LogP contribution >= 0.6 is 0 Å². The van der Waals surface area contributed by atoms with Crippen LogP contribution < -0.4 is 10.1 Å². The van der Waals surface area contributed by atoms with E-state index in [4.69, 9.17) is 9.47 Å². The summed E-state index contributed by atoms with van der Waals surface area (Å²) in [6, 6.07) is 4.51. The van der Waals surface area contributed by atoms with E-state index in [-0.39, 0.29) is 18.0 Å². The van der Waals surface area contributed by atoms with Crippen molar-refractivity contribution < 1.29 is 18.7 Å². The molecule has 1 aromatic carbocycles. The minimum absolute atomic E-state index is 0.0900. The number of likely N-dealkylation sites (tertiary alicyclic amines) is 1. The molecule has 1 N–H and O–H groups in total. The van der Waals surface area contributed by atoms with Crippen molar-refractivity contribution in [2.75, 3.05) is 25.0 Å². The number of amides is 1. The molecule has 128 valence electrons. The van der Waals surface area contributed by atoms with Crippen LogP contribution in [0, 0.1) is 5.82 Å². The fourth-order valence-electron chi connectivity index (χ4n) is 2.48. The smallest absolute Gasteiger partial charge is 0.410 e. The number of hydrogen-bond donors (Lipinski definition) is 1. The Bertz CT molecular complexity index is 557. The molecule has 6 heteroatoms. The lowest BCUT2D eigenvalue weighted by Gasteiger charge is -2.24. The molecule has 0 radical (unpaired) electrons. The van der Waals surface area contributed by atoms with Gasteiger partial charge in [0.2, 0.25) is 0 Å². The molecule has 1 saturated heterocycles. The maximum absolute atomic E-state index is 13.3. The lowest BCUT2D eigenvalue weighted by Crippen LogP contribution is -2.36. The zero-order valence-corrected chi connectivity index (χ0v) is 14.2. The van der Waals surface area contributed by atoms with E-state index in [0.717, 1.165) is 12.1 Å². The maximum atomic E-state index is 13.3. The quantitative estimate of drug-likeness (QED) is 0.918. The largest absolute Gasteiger partial charge is 0.492 e. The highest BCUT2D eigenvalue weighted by Gasteiger charge is 2.30.